The largest absolute Gasteiger partial charge is 0.496 e. The number of halogens is 1. The van der Waals surface area contributed by atoms with Crippen molar-refractivity contribution < 1.29 is 19.1 Å². The van der Waals surface area contributed by atoms with E-state index in [4.69, 9.17) is 9.15 Å². The summed E-state index contributed by atoms with van der Waals surface area (Å²) in [6.45, 7) is 0. The Bertz CT molecular complexity index is 902. The highest BCUT2D eigenvalue weighted by molar-refractivity contribution is 14.1. The summed E-state index contributed by atoms with van der Waals surface area (Å²) in [4.78, 5) is 16.0. The van der Waals surface area contributed by atoms with Crippen LogP contribution in [0.4, 0.5) is 0 Å². The first kappa shape index (κ1) is 16.8. The zero-order chi connectivity index (χ0) is 17.1. The van der Waals surface area contributed by atoms with Crippen molar-refractivity contribution in [3.8, 4) is 5.75 Å². The number of methoxy groups -OCH3 is 1. The number of nitrogens with zero attached hydrogens (tertiary/aromatic N) is 1. The summed E-state index contributed by atoms with van der Waals surface area (Å²) in [7, 11) is 1.60. The van der Waals surface area contributed by atoms with Gasteiger partial charge in [0.25, 0.3) is 5.22 Å². The Hall–Kier alpha value is -2.00. The van der Waals surface area contributed by atoms with Gasteiger partial charge < -0.3 is 14.3 Å². The molecular weight excluding hydrogens is 441 g/mol. The van der Waals surface area contributed by atoms with Gasteiger partial charge in [0.2, 0.25) is 0 Å². The van der Waals surface area contributed by atoms with E-state index in [0.29, 0.717) is 16.3 Å². The number of rotatable bonds is 5. The monoisotopic (exact) mass is 453 g/mol. The highest BCUT2D eigenvalue weighted by Crippen LogP contribution is 2.31. The van der Waals surface area contributed by atoms with Crippen molar-refractivity contribution in [2.45, 2.75) is 5.22 Å². The Morgan fingerprint density at radius 2 is 2.12 bits per heavy atom. The number of carboxylic acid groups (broad SMARTS) is 1. The Morgan fingerprint density at radius 3 is 2.79 bits per heavy atom. The van der Waals surface area contributed by atoms with Crippen LogP contribution in [0.3, 0.4) is 0 Å². The molecule has 122 valence electrons. The molecule has 3 rings (SSSR count). The fourth-order valence-electron chi connectivity index (χ4n) is 2.05. The molecule has 0 unspecified atom stereocenters. The zero-order valence-corrected chi connectivity index (χ0v) is 15.5. The molecule has 0 fully saturated rings. The van der Waals surface area contributed by atoms with Gasteiger partial charge in [-0.05, 0) is 70.3 Å². The molecule has 0 saturated heterocycles. The number of ether oxygens (including phenoxy) is 1. The van der Waals surface area contributed by atoms with Gasteiger partial charge in [0, 0.05) is 0 Å². The fraction of sp³-hybridized carbons (Fsp3) is 0.0588. The number of carboxylic acids is 1. The number of oxazole rings is 1. The Morgan fingerprint density at radius 1 is 1.33 bits per heavy atom. The van der Waals surface area contributed by atoms with Crippen LogP contribution in [0.1, 0.15) is 5.56 Å². The second kappa shape index (κ2) is 7.27. The van der Waals surface area contributed by atoms with E-state index < -0.39 is 5.97 Å². The molecule has 24 heavy (non-hydrogen) atoms. The molecule has 1 aromatic heterocycles. The number of aliphatic carboxylic acids is 1. The van der Waals surface area contributed by atoms with Gasteiger partial charge in [-0.25, -0.2) is 9.78 Å². The standard InChI is InChI=1S/C17H12INO4S/c1-22-13-7-6-10(8-11(13)18)9-15(16(20)21)24-17-19-12-4-2-3-5-14(12)23-17/h2-9H,1H3,(H,20,21)/b15-9-. The quantitative estimate of drug-likeness (QED) is 0.344. The van der Waals surface area contributed by atoms with Crippen molar-refractivity contribution in [2.75, 3.05) is 7.11 Å². The van der Waals surface area contributed by atoms with Crippen molar-refractivity contribution in [3.63, 3.8) is 0 Å². The molecule has 2 aromatic carbocycles. The van der Waals surface area contributed by atoms with Crippen LogP contribution in [-0.4, -0.2) is 23.2 Å². The number of hydrogen-bond acceptors (Lipinski definition) is 5. The molecule has 0 aliphatic carbocycles. The molecule has 1 heterocycles. The van der Waals surface area contributed by atoms with Gasteiger partial charge >= 0.3 is 5.97 Å². The van der Waals surface area contributed by atoms with Crippen molar-refractivity contribution in [1.82, 2.24) is 4.98 Å². The summed E-state index contributed by atoms with van der Waals surface area (Å²) in [6, 6.07) is 12.8. The highest BCUT2D eigenvalue weighted by atomic mass is 127. The number of benzene rings is 2. The average molecular weight is 453 g/mol. The van der Waals surface area contributed by atoms with Gasteiger partial charge in [0.1, 0.15) is 16.2 Å². The summed E-state index contributed by atoms with van der Waals surface area (Å²) in [5, 5.41) is 9.75. The van der Waals surface area contributed by atoms with Gasteiger partial charge in [0.05, 0.1) is 10.7 Å². The van der Waals surface area contributed by atoms with Crippen LogP contribution < -0.4 is 4.74 Å². The van der Waals surface area contributed by atoms with Gasteiger partial charge in [0.15, 0.2) is 5.58 Å². The predicted molar refractivity (Wildman–Crippen MR) is 101 cm³/mol. The first-order valence-electron chi connectivity index (χ1n) is 6.89. The highest BCUT2D eigenvalue weighted by Gasteiger charge is 2.15. The molecule has 0 bridgehead atoms. The lowest BCUT2D eigenvalue weighted by molar-refractivity contribution is -0.131. The molecule has 0 aliphatic rings. The molecular formula is C17H12INO4S. The van der Waals surface area contributed by atoms with E-state index in [0.717, 1.165) is 26.6 Å². The van der Waals surface area contributed by atoms with E-state index in [1.165, 1.54) is 0 Å². The second-order valence-corrected chi connectivity index (χ2v) is 6.91. The molecule has 0 aliphatic heterocycles. The summed E-state index contributed by atoms with van der Waals surface area (Å²) >= 11 is 3.13. The summed E-state index contributed by atoms with van der Waals surface area (Å²) in [5.74, 6) is -0.288. The average Bonchev–Trinajstić information content (AvgIpc) is 2.96. The third kappa shape index (κ3) is 3.73. The SMILES string of the molecule is COc1ccc(/C=C(\Sc2nc3ccccc3o2)C(=O)O)cc1I. The first-order valence-corrected chi connectivity index (χ1v) is 8.78. The maximum atomic E-state index is 11.5. The number of thioether (sulfide) groups is 1. The van der Waals surface area contributed by atoms with Crippen LogP contribution in [0.2, 0.25) is 0 Å². The molecule has 0 atom stereocenters. The molecule has 3 aromatic rings. The maximum absolute atomic E-state index is 11.5. The van der Waals surface area contributed by atoms with Crippen molar-refractivity contribution in [1.29, 1.82) is 0 Å². The van der Waals surface area contributed by atoms with Crippen molar-refractivity contribution >= 4 is 57.5 Å². The summed E-state index contributed by atoms with van der Waals surface area (Å²) < 4.78 is 11.7. The molecule has 5 nitrogen and oxygen atoms in total. The lowest BCUT2D eigenvalue weighted by Gasteiger charge is -2.04. The Labute approximate surface area is 155 Å². The maximum Gasteiger partial charge on any atom is 0.342 e. The molecule has 1 N–H and O–H groups in total. The van der Waals surface area contributed by atoms with Crippen molar-refractivity contribution in [3.05, 3.63) is 56.5 Å². The minimum atomic E-state index is -1.03. The van der Waals surface area contributed by atoms with Crippen LogP contribution in [0, 0.1) is 3.57 Å². The van der Waals surface area contributed by atoms with E-state index in [-0.39, 0.29) is 4.91 Å². The number of fused-ring (bicyclic) bond motifs is 1. The molecule has 0 radical (unpaired) electrons. The van der Waals surface area contributed by atoms with Crippen LogP contribution in [0.15, 0.2) is 57.0 Å². The Kier molecular flexibility index (Phi) is 5.10. The predicted octanol–water partition coefficient (Wildman–Crippen LogP) is 4.66. The van der Waals surface area contributed by atoms with Gasteiger partial charge in [-0.15, -0.1) is 0 Å². The first-order chi connectivity index (χ1) is 11.6. The van der Waals surface area contributed by atoms with E-state index in [1.807, 2.05) is 24.3 Å². The third-order valence-corrected chi connectivity index (χ3v) is 4.86. The van der Waals surface area contributed by atoms with Crippen LogP contribution in [0.25, 0.3) is 17.2 Å². The lowest BCUT2D eigenvalue weighted by atomic mass is 10.2. The lowest BCUT2D eigenvalue weighted by Crippen LogP contribution is -1.97. The summed E-state index contributed by atoms with van der Waals surface area (Å²) in [6.07, 6.45) is 1.59. The number of carbonyl (C=O) groups is 1. The minimum absolute atomic E-state index is 0.127. The van der Waals surface area contributed by atoms with E-state index in [9.17, 15) is 9.90 Å². The smallest absolute Gasteiger partial charge is 0.342 e. The Balaban J connectivity index is 1.91. The van der Waals surface area contributed by atoms with Gasteiger partial charge in [-0.2, -0.15) is 0 Å². The van der Waals surface area contributed by atoms with Crippen molar-refractivity contribution in [2.24, 2.45) is 0 Å². The number of aromatic nitrogens is 1. The zero-order valence-electron chi connectivity index (χ0n) is 12.5. The van der Waals surface area contributed by atoms with E-state index in [2.05, 4.69) is 27.6 Å². The van der Waals surface area contributed by atoms with Crippen LogP contribution >= 0.6 is 34.4 Å². The number of hydrogen-bond donors (Lipinski definition) is 1. The summed E-state index contributed by atoms with van der Waals surface area (Å²) in [5.41, 5.74) is 2.09. The van der Waals surface area contributed by atoms with E-state index >= 15 is 0 Å². The molecule has 0 amide bonds. The van der Waals surface area contributed by atoms with Crippen LogP contribution in [-0.2, 0) is 4.79 Å². The molecule has 7 heteroatoms. The topological polar surface area (TPSA) is 72.6 Å². The fourth-order valence-corrected chi connectivity index (χ4v) is 3.55. The molecule has 0 saturated carbocycles. The van der Waals surface area contributed by atoms with Crippen LogP contribution in [0.5, 0.6) is 5.75 Å². The normalized spacial score (nSPS) is 11.7. The second-order valence-electron chi connectivity index (χ2n) is 4.76. The van der Waals surface area contributed by atoms with E-state index in [1.54, 1.807) is 31.4 Å². The number of para-hydroxylation sites is 2. The molecule has 0 spiro atoms. The third-order valence-electron chi connectivity index (χ3n) is 3.16. The van der Waals surface area contributed by atoms with Gasteiger partial charge in [-0.1, -0.05) is 18.2 Å². The minimum Gasteiger partial charge on any atom is -0.496 e. The van der Waals surface area contributed by atoms with Gasteiger partial charge in [-0.3, -0.25) is 0 Å².